The number of nitrogens with one attached hydrogen (secondary N) is 1. The van der Waals surface area contributed by atoms with E-state index in [0.717, 1.165) is 24.2 Å². The lowest BCUT2D eigenvalue weighted by Crippen LogP contribution is -2.51. The van der Waals surface area contributed by atoms with Gasteiger partial charge in [-0.15, -0.1) is 0 Å². The number of benzene rings is 1. The van der Waals surface area contributed by atoms with Crippen molar-refractivity contribution >= 4 is 17.7 Å². The molecule has 1 unspecified atom stereocenters. The molecule has 1 atom stereocenters. The Labute approximate surface area is 146 Å². The third-order valence-corrected chi connectivity index (χ3v) is 4.54. The van der Waals surface area contributed by atoms with Gasteiger partial charge in [-0.2, -0.15) is 0 Å². The maximum atomic E-state index is 12.7. The smallest absolute Gasteiger partial charge is 0.262 e. The number of carbonyl (C=O) groups excluding carboxylic acids is 3. The molecule has 0 saturated carbocycles. The molecule has 1 aromatic rings. The van der Waals surface area contributed by atoms with Gasteiger partial charge in [0, 0.05) is 5.70 Å². The van der Waals surface area contributed by atoms with Crippen molar-refractivity contribution in [2.75, 3.05) is 6.61 Å². The van der Waals surface area contributed by atoms with Crippen molar-refractivity contribution in [3.8, 4) is 5.75 Å². The molecular formula is C19H22N2O4. The zero-order chi connectivity index (χ0) is 18.0. The average Bonchev–Trinajstić information content (AvgIpc) is 2.83. The minimum Gasteiger partial charge on any atom is -0.494 e. The molecule has 2 aliphatic heterocycles. The normalized spacial score (nSPS) is 19.9. The molecule has 25 heavy (non-hydrogen) atoms. The minimum atomic E-state index is -0.785. The molecule has 2 aliphatic rings. The Morgan fingerprint density at radius 1 is 1.20 bits per heavy atom. The van der Waals surface area contributed by atoms with Crippen LogP contribution >= 0.6 is 0 Å². The summed E-state index contributed by atoms with van der Waals surface area (Å²) in [4.78, 5) is 38.5. The second-order valence-corrected chi connectivity index (χ2v) is 6.39. The van der Waals surface area contributed by atoms with Crippen molar-refractivity contribution in [2.24, 2.45) is 0 Å². The van der Waals surface area contributed by atoms with Crippen molar-refractivity contribution in [1.29, 1.82) is 0 Å². The van der Waals surface area contributed by atoms with Crippen molar-refractivity contribution in [2.45, 2.75) is 45.1 Å². The van der Waals surface area contributed by atoms with E-state index >= 15 is 0 Å². The fourth-order valence-electron chi connectivity index (χ4n) is 3.16. The number of carbonyl (C=O) groups is 3. The molecule has 1 fully saturated rings. The Bertz CT molecular complexity index is 741. The Morgan fingerprint density at radius 3 is 2.68 bits per heavy atom. The first-order valence-electron chi connectivity index (χ1n) is 8.66. The number of imide groups is 1. The fraction of sp³-hybridized carbons (Fsp3) is 0.421. The Balaban J connectivity index is 1.77. The molecular weight excluding hydrogens is 320 g/mol. The van der Waals surface area contributed by atoms with Crippen molar-refractivity contribution in [3.05, 3.63) is 41.6 Å². The highest BCUT2D eigenvalue weighted by atomic mass is 16.5. The number of hydrogen-bond donors (Lipinski definition) is 1. The Kier molecular flexibility index (Phi) is 4.88. The molecule has 1 aromatic carbocycles. The first-order chi connectivity index (χ1) is 12.0. The van der Waals surface area contributed by atoms with E-state index < -0.39 is 17.9 Å². The number of rotatable bonds is 6. The molecule has 1 N–H and O–H groups in total. The van der Waals surface area contributed by atoms with Crippen LogP contribution in [-0.4, -0.2) is 35.3 Å². The van der Waals surface area contributed by atoms with Gasteiger partial charge in [0.15, 0.2) is 0 Å². The highest BCUT2D eigenvalue weighted by Crippen LogP contribution is 2.30. The van der Waals surface area contributed by atoms with Gasteiger partial charge < -0.3 is 10.1 Å². The quantitative estimate of drug-likeness (QED) is 0.637. The van der Waals surface area contributed by atoms with Crippen LogP contribution in [0.4, 0.5) is 0 Å². The highest BCUT2D eigenvalue weighted by Gasteiger charge is 2.44. The second kappa shape index (κ2) is 7.09. The number of fused-ring (bicyclic) bond motifs is 1. The number of ether oxygens (including phenoxy) is 1. The number of unbranched alkanes of at least 4 members (excludes halogenated alkanes) is 2. The van der Waals surface area contributed by atoms with E-state index in [2.05, 4.69) is 18.8 Å². The zero-order valence-electron chi connectivity index (χ0n) is 14.3. The predicted molar refractivity (Wildman–Crippen MR) is 92.3 cm³/mol. The van der Waals surface area contributed by atoms with Gasteiger partial charge in [0.05, 0.1) is 17.7 Å². The number of hydrogen-bond acceptors (Lipinski definition) is 4. The Morgan fingerprint density at radius 2 is 1.96 bits per heavy atom. The molecule has 6 heteroatoms. The summed E-state index contributed by atoms with van der Waals surface area (Å²) in [5.41, 5.74) is 1.24. The Hall–Kier alpha value is -2.63. The van der Waals surface area contributed by atoms with E-state index in [-0.39, 0.29) is 5.91 Å². The summed E-state index contributed by atoms with van der Waals surface area (Å²) in [5.74, 6) is -0.655. The third-order valence-electron chi connectivity index (χ3n) is 4.54. The number of nitrogens with zero attached hydrogens (tertiary/aromatic N) is 1. The van der Waals surface area contributed by atoms with Crippen LogP contribution in [0.15, 0.2) is 30.5 Å². The number of amides is 3. The first kappa shape index (κ1) is 17.2. The third kappa shape index (κ3) is 3.29. The average molecular weight is 342 g/mol. The van der Waals surface area contributed by atoms with Crippen LogP contribution in [0.1, 0.15) is 59.7 Å². The van der Waals surface area contributed by atoms with E-state index in [9.17, 15) is 14.4 Å². The summed E-state index contributed by atoms with van der Waals surface area (Å²) in [7, 11) is 0. The van der Waals surface area contributed by atoms with Crippen molar-refractivity contribution in [3.63, 3.8) is 0 Å². The molecule has 3 rings (SSSR count). The summed E-state index contributed by atoms with van der Waals surface area (Å²) in [6.07, 6.45) is 4.08. The molecule has 0 bridgehead atoms. The van der Waals surface area contributed by atoms with Crippen LogP contribution in [0.25, 0.3) is 0 Å². The van der Waals surface area contributed by atoms with Crippen LogP contribution in [0.2, 0.25) is 0 Å². The molecule has 1 saturated heterocycles. The SMILES string of the molecule is C=C1CCC(N2C(=O)c3ccc(OCCCCC)cc3C2=O)C(=O)N1. The molecule has 0 spiro atoms. The topological polar surface area (TPSA) is 75.7 Å². The second-order valence-electron chi connectivity index (χ2n) is 6.39. The van der Waals surface area contributed by atoms with E-state index in [1.165, 1.54) is 0 Å². The molecule has 6 nitrogen and oxygen atoms in total. The van der Waals surface area contributed by atoms with Gasteiger partial charge in [-0.3, -0.25) is 19.3 Å². The lowest BCUT2D eigenvalue weighted by atomic mass is 10.0. The lowest BCUT2D eigenvalue weighted by molar-refractivity contribution is -0.125. The molecule has 0 aliphatic carbocycles. The van der Waals surface area contributed by atoms with Gasteiger partial charge >= 0.3 is 0 Å². The molecule has 3 amide bonds. The van der Waals surface area contributed by atoms with Crippen LogP contribution in [0.3, 0.4) is 0 Å². The number of allylic oxidation sites excluding steroid dienone is 1. The standard InChI is InChI=1S/C19H22N2O4/c1-3-4-5-10-25-13-7-8-14-15(11-13)19(24)21(18(14)23)16-9-6-12(2)20-17(16)22/h7-8,11,16H,2-6,9-10H2,1H3,(H,20,22). The summed E-state index contributed by atoms with van der Waals surface area (Å²) in [6, 6.07) is 4.11. The van der Waals surface area contributed by atoms with Gasteiger partial charge in [0.25, 0.3) is 11.8 Å². The molecule has 132 valence electrons. The van der Waals surface area contributed by atoms with Crippen LogP contribution in [0, 0.1) is 0 Å². The minimum absolute atomic E-state index is 0.301. The molecule has 0 radical (unpaired) electrons. The lowest BCUT2D eigenvalue weighted by Gasteiger charge is -2.29. The van der Waals surface area contributed by atoms with Gasteiger partial charge in [0.1, 0.15) is 11.8 Å². The van der Waals surface area contributed by atoms with Crippen LogP contribution in [0.5, 0.6) is 5.75 Å². The van der Waals surface area contributed by atoms with Crippen LogP contribution in [-0.2, 0) is 4.79 Å². The fourth-order valence-corrected chi connectivity index (χ4v) is 3.16. The number of piperidine rings is 1. The van der Waals surface area contributed by atoms with E-state index in [1.54, 1.807) is 18.2 Å². The maximum Gasteiger partial charge on any atom is 0.262 e. The summed E-state index contributed by atoms with van der Waals surface area (Å²) < 4.78 is 5.66. The van der Waals surface area contributed by atoms with Crippen LogP contribution < -0.4 is 10.1 Å². The van der Waals surface area contributed by atoms with E-state index in [4.69, 9.17) is 4.74 Å². The van der Waals surface area contributed by atoms with Crippen molar-refractivity contribution in [1.82, 2.24) is 10.2 Å². The largest absolute Gasteiger partial charge is 0.494 e. The van der Waals surface area contributed by atoms with Gasteiger partial charge in [-0.1, -0.05) is 26.3 Å². The predicted octanol–water partition coefficient (Wildman–Crippen LogP) is 2.64. The summed E-state index contributed by atoms with van der Waals surface area (Å²) >= 11 is 0. The van der Waals surface area contributed by atoms with E-state index in [0.29, 0.717) is 42.0 Å². The highest BCUT2D eigenvalue weighted by molar-refractivity contribution is 6.23. The molecule has 2 heterocycles. The first-order valence-corrected chi connectivity index (χ1v) is 8.66. The monoisotopic (exact) mass is 342 g/mol. The maximum absolute atomic E-state index is 12.7. The van der Waals surface area contributed by atoms with Gasteiger partial charge in [-0.25, -0.2) is 0 Å². The molecule has 0 aromatic heterocycles. The van der Waals surface area contributed by atoms with Gasteiger partial charge in [-0.05, 0) is 37.5 Å². The summed E-state index contributed by atoms with van der Waals surface area (Å²) in [5, 5.41) is 2.62. The van der Waals surface area contributed by atoms with Gasteiger partial charge in [0.2, 0.25) is 5.91 Å². The van der Waals surface area contributed by atoms with E-state index in [1.807, 2.05) is 0 Å². The summed E-state index contributed by atoms with van der Waals surface area (Å²) in [6.45, 7) is 6.41. The van der Waals surface area contributed by atoms with Crippen molar-refractivity contribution < 1.29 is 19.1 Å². The zero-order valence-corrected chi connectivity index (χ0v) is 14.3.